The Hall–Kier alpha value is -2.12. The summed E-state index contributed by atoms with van der Waals surface area (Å²) in [5, 5.41) is 34.7. The summed E-state index contributed by atoms with van der Waals surface area (Å²) >= 11 is 0. The fraction of sp³-hybridized carbons (Fsp3) is 0.750. The van der Waals surface area contributed by atoms with Crippen molar-refractivity contribution in [3.8, 4) is 0 Å². The van der Waals surface area contributed by atoms with E-state index in [9.17, 15) is 19.2 Å². The van der Waals surface area contributed by atoms with Crippen molar-refractivity contribution in [3.63, 3.8) is 0 Å². The molecule has 0 amide bonds. The van der Waals surface area contributed by atoms with Gasteiger partial charge in [-0.2, -0.15) is 0 Å². The third-order valence-electron chi connectivity index (χ3n) is 4.77. The van der Waals surface area contributed by atoms with E-state index in [1.54, 1.807) is 0 Å². The van der Waals surface area contributed by atoms with Gasteiger partial charge in [-0.05, 0) is 32.1 Å². The highest BCUT2D eigenvalue weighted by Crippen LogP contribution is 2.30. The lowest BCUT2D eigenvalue weighted by Gasteiger charge is -2.24. The van der Waals surface area contributed by atoms with Crippen LogP contribution < -0.4 is 0 Å². The lowest BCUT2D eigenvalue weighted by molar-refractivity contribution is -0.155. The van der Waals surface area contributed by atoms with Gasteiger partial charge in [-0.15, -0.1) is 0 Å². The molecule has 2 rings (SSSR count). The number of hydrogen-bond acceptors (Lipinski definition) is 4. The van der Waals surface area contributed by atoms with Crippen molar-refractivity contribution >= 4 is 23.9 Å². The minimum Gasteiger partial charge on any atom is -0.481 e. The van der Waals surface area contributed by atoms with Crippen LogP contribution >= 0.6 is 0 Å². The zero-order valence-electron chi connectivity index (χ0n) is 13.4. The number of hydrogen-bond donors (Lipinski definition) is 4. The van der Waals surface area contributed by atoms with Gasteiger partial charge in [0.2, 0.25) is 0 Å². The number of carbonyl (C=O) groups is 4. The van der Waals surface area contributed by atoms with Gasteiger partial charge in [-0.25, -0.2) is 0 Å². The molecule has 0 aromatic carbocycles. The third kappa shape index (κ3) is 5.82. The predicted octanol–water partition coefficient (Wildman–Crippen LogP) is 1.92. The molecule has 0 spiro atoms. The largest absolute Gasteiger partial charge is 0.481 e. The lowest BCUT2D eigenvalue weighted by atomic mass is 9.79. The smallest absolute Gasteiger partial charge is 0.307 e. The SMILES string of the molecule is O=C(O)C1CCCC(C(=O)O)C1.O=C(O)C1CCCCC1C(=O)O. The van der Waals surface area contributed by atoms with Gasteiger partial charge in [0.05, 0.1) is 23.7 Å². The second-order valence-electron chi connectivity index (χ2n) is 6.41. The topological polar surface area (TPSA) is 149 Å². The second-order valence-corrected chi connectivity index (χ2v) is 6.41. The third-order valence-corrected chi connectivity index (χ3v) is 4.77. The van der Waals surface area contributed by atoms with Crippen molar-refractivity contribution in [2.75, 3.05) is 0 Å². The quantitative estimate of drug-likeness (QED) is 0.604. The zero-order chi connectivity index (χ0) is 18.3. The summed E-state index contributed by atoms with van der Waals surface area (Å²) in [6.45, 7) is 0. The molecule has 4 N–H and O–H groups in total. The Kier molecular flexibility index (Phi) is 7.67. The highest BCUT2D eigenvalue weighted by atomic mass is 16.4. The molecule has 0 bridgehead atoms. The van der Waals surface area contributed by atoms with Crippen LogP contribution in [0.4, 0.5) is 0 Å². The summed E-state index contributed by atoms with van der Waals surface area (Å²) in [4.78, 5) is 42.3. The van der Waals surface area contributed by atoms with Crippen molar-refractivity contribution in [2.24, 2.45) is 23.7 Å². The Morgan fingerprint density at radius 1 is 0.542 bits per heavy atom. The van der Waals surface area contributed by atoms with Crippen LogP contribution in [0.2, 0.25) is 0 Å². The molecule has 0 aromatic rings. The fourth-order valence-electron chi connectivity index (χ4n) is 3.36. The molecule has 2 saturated carbocycles. The summed E-state index contributed by atoms with van der Waals surface area (Å²) in [6.07, 6.45) is 4.94. The Labute approximate surface area is 139 Å². The van der Waals surface area contributed by atoms with Gasteiger partial charge < -0.3 is 20.4 Å². The van der Waals surface area contributed by atoms with Gasteiger partial charge in [-0.3, -0.25) is 19.2 Å². The van der Waals surface area contributed by atoms with E-state index in [0.717, 1.165) is 12.8 Å². The van der Waals surface area contributed by atoms with E-state index >= 15 is 0 Å². The average Bonchev–Trinajstić information content (AvgIpc) is 2.55. The van der Waals surface area contributed by atoms with Crippen LogP contribution in [0.25, 0.3) is 0 Å². The first-order valence-electron chi connectivity index (χ1n) is 8.15. The van der Waals surface area contributed by atoms with Crippen molar-refractivity contribution in [1.82, 2.24) is 0 Å². The number of aliphatic carboxylic acids is 4. The molecule has 8 nitrogen and oxygen atoms in total. The molecular formula is C16H24O8. The number of carboxylic acids is 4. The van der Waals surface area contributed by atoms with Gasteiger partial charge in [0, 0.05) is 0 Å². The van der Waals surface area contributed by atoms with Gasteiger partial charge in [0.15, 0.2) is 0 Å². The second kappa shape index (κ2) is 9.24. The fourth-order valence-corrected chi connectivity index (χ4v) is 3.36. The summed E-state index contributed by atoms with van der Waals surface area (Å²) in [7, 11) is 0. The van der Waals surface area contributed by atoms with Gasteiger partial charge in [-0.1, -0.05) is 19.3 Å². The molecule has 0 heterocycles. The molecular weight excluding hydrogens is 320 g/mol. The van der Waals surface area contributed by atoms with Crippen LogP contribution in [0.3, 0.4) is 0 Å². The maximum atomic E-state index is 10.6. The number of rotatable bonds is 4. The zero-order valence-corrected chi connectivity index (χ0v) is 13.4. The van der Waals surface area contributed by atoms with E-state index in [1.165, 1.54) is 0 Å². The van der Waals surface area contributed by atoms with Crippen molar-refractivity contribution < 1.29 is 39.6 Å². The maximum absolute atomic E-state index is 10.6. The van der Waals surface area contributed by atoms with Crippen LogP contribution in [-0.2, 0) is 19.2 Å². The van der Waals surface area contributed by atoms with E-state index in [1.807, 2.05) is 0 Å². The molecule has 2 fully saturated rings. The van der Waals surface area contributed by atoms with Crippen molar-refractivity contribution in [3.05, 3.63) is 0 Å². The predicted molar refractivity (Wildman–Crippen MR) is 81.4 cm³/mol. The van der Waals surface area contributed by atoms with Crippen LogP contribution in [0, 0.1) is 23.7 Å². The van der Waals surface area contributed by atoms with Crippen LogP contribution in [0.1, 0.15) is 51.4 Å². The van der Waals surface area contributed by atoms with E-state index in [-0.39, 0.29) is 0 Å². The average molecular weight is 344 g/mol. The molecule has 24 heavy (non-hydrogen) atoms. The molecule has 4 atom stereocenters. The molecule has 0 aliphatic heterocycles. The first-order chi connectivity index (χ1) is 11.2. The Bertz CT molecular complexity index is 444. The van der Waals surface area contributed by atoms with E-state index in [0.29, 0.717) is 38.5 Å². The molecule has 0 radical (unpaired) electrons. The minimum absolute atomic E-state index is 0.296. The number of carboxylic acid groups (broad SMARTS) is 4. The van der Waals surface area contributed by atoms with Crippen LogP contribution in [0.5, 0.6) is 0 Å². The Balaban J connectivity index is 0.000000240. The Morgan fingerprint density at radius 2 is 0.917 bits per heavy atom. The molecule has 2 aliphatic carbocycles. The van der Waals surface area contributed by atoms with E-state index in [2.05, 4.69) is 0 Å². The lowest BCUT2D eigenvalue weighted by Crippen LogP contribution is -2.32. The maximum Gasteiger partial charge on any atom is 0.307 e. The molecule has 136 valence electrons. The van der Waals surface area contributed by atoms with Gasteiger partial charge >= 0.3 is 23.9 Å². The van der Waals surface area contributed by atoms with Crippen molar-refractivity contribution in [1.29, 1.82) is 0 Å². The molecule has 4 unspecified atom stereocenters. The summed E-state index contributed by atoms with van der Waals surface area (Å²) in [5.74, 6) is -5.89. The van der Waals surface area contributed by atoms with Gasteiger partial charge in [0.25, 0.3) is 0 Å². The molecule has 8 heteroatoms. The first kappa shape index (κ1) is 19.9. The summed E-state index contributed by atoms with van der Waals surface area (Å²) < 4.78 is 0. The molecule has 2 aliphatic rings. The standard InChI is InChI=1S/2C8H12O4/c9-7(10)5-2-1-3-6(4-5)8(11)12;9-7(10)5-3-1-2-4-6(5)8(11)12/h2*5-6H,1-4H2,(H,9,10)(H,11,12). The van der Waals surface area contributed by atoms with Gasteiger partial charge in [0.1, 0.15) is 0 Å². The van der Waals surface area contributed by atoms with E-state index in [4.69, 9.17) is 20.4 Å². The first-order valence-corrected chi connectivity index (χ1v) is 8.15. The highest BCUT2D eigenvalue weighted by molar-refractivity contribution is 5.80. The monoisotopic (exact) mass is 344 g/mol. The van der Waals surface area contributed by atoms with E-state index < -0.39 is 47.5 Å². The van der Waals surface area contributed by atoms with Crippen LogP contribution in [0.15, 0.2) is 0 Å². The highest BCUT2D eigenvalue weighted by Gasteiger charge is 2.35. The van der Waals surface area contributed by atoms with Crippen LogP contribution in [-0.4, -0.2) is 44.3 Å². The molecule has 0 saturated heterocycles. The normalized spacial score (nSPS) is 29.7. The Morgan fingerprint density at radius 3 is 1.21 bits per heavy atom. The summed E-state index contributed by atoms with van der Waals surface area (Å²) in [5.41, 5.74) is 0. The summed E-state index contributed by atoms with van der Waals surface area (Å²) in [6, 6.07) is 0. The minimum atomic E-state index is -0.970. The molecule has 0 aromatic heterocycles. The van der Waals surface area contributed by atoms with Crippen molar-refractivity contribution in [2.45, 2.75) is 51.4 Å².